The molecule has 0 aromatic heterocycles. The molecule has 25 heavy (non-hydrogen) atoms. The summed E-state index contributed by atoms with van der Waals surface area (Å²) in [6.45, 7) is 19.3. The van der Waals surface area contributed by atoms with Crippen molar-refractivity contribution in [3.05, 3.63) is 35.8 Å². The fourth-order valence-electron chi connectivity index (χ4n) is 2.99. The standard InChI is InChI=1S/C18H33N2O2S.C2H6/c1-7-9-19-12-17(11-15(19)4)13-22-18(8-2)10-14(3)16(5)20(6,21)23;1-2/h8,10,15,17,21,23H,5,7,9,11-13H2,1-4,6H3;1-2H3/q+1;/b14-10-,18-8+;. The molecule has 1 saturated heterocycles. The largest absolute Gasteiger partial charge is 0.494 e. The average Bonchev–Trinajstić information content (AvgIpc) is 2.91. The predicted octanol–water partition coefficient (Wildman–Crippen LogP) is 5.19. The second kappa shape index (κ2) is 11.8. The summed E-state index contributed by atoms with van der Waals surface area (Å²) in [6.07, 6.45) is 6.24. The first-order chi connectivity index (χ1) is 11.7. The van der Waals surface area contributed by atoms with Crippen LogP contribution in [0.25, 0.3) is 0 Å². The molecule has 3 unspecified atom stereocenters. The number of nitrogens with zero attached hydrogens (tertiary/aromatic N) is 2. The number of hydrogen-bond acceptors (Lipinski definition) is 4. The number of ether oxygens (including phenoxy) is 1. The third-order valence-corrected chi connectivity index (χ3v) is 4.64. The third-order valence-electron chi connectivity index (χ3n) is 4.40. The van der Waals surface area contributed by atoms with Gasteiger partial charge < -0.3 is 9.64 Å². The molecule has 3 atom stereocenters. The monoisotopic (exact) mass is 371 g/mol. The van der Waals surface area contributed by atoms with Crippen molar-refractivity contribution in [1.29, 1.82) is 0 Å². The van der Waals surface area contributed by atoms with Crippen LogP contribution in [-0.2, 0) is 4.74 Å². The zero-order valence-corrected chi connectivity index (χ0v) is 18.1. The van der Waals surface area contributed by atoms with Crippen LogP contribution in [0.4, 0.5) is 0 Å². The van der Waals surface area contributed by atoms with Gasteiger partial charge in [0.1, 0.15) is 12.8 Å². The van der Waals surface area contributed by atoms with E-state index in [0.717, 1.165) is 24.5 Å². The molecule has 0 radical (unpaired) electrons. The van der Waals surface area contributed by atoms with Crippen molar-refractivity contribution in [3.63, 3.8) is 0 Å². The van der Waals surface area contributed by atoms with Crippen LogP contribution in [0.15, 0.2) is 35.8 Å². The van der Waals surface area contributed by atoms with Gasteiger partial charge in [-0.3, -0.25) is 0 Å². The van der Waals surface area contributed by atoms with E-state index >= 15 is 0 Å². The van der Waals surface area contributed by atoms with E-state index in [4.69, 9.17) is 4.74 Å². The highest BCUT2D eigenvalue weighted by atomic mass is 32.1. The molecule has 0 bridgehead atoms. The van der Waals surface area contributed by atoms with Gasteiger partial charge in [0.2, 0.25) is 0 Å². The van der Waals surface area contributed by atoms with Crippen molar-refractivity contribution < 1.29 is 14.0 Å². The van der Waals surface area contributed by atoms with Gasteiger partial charge in [-0.15, -0.1) is 0 Å². The number of thiol groups is 1. The molecular weight excluding hydrogens is 332 g/mol. The maximum atomic E-state index is 9.85. The second-order valence-corrected chi connectivity index (χ2v) is 7.41. The maximum Gasteiger partial charge on any atom is 0.172 e. The van der Waals surface area contributed by atoms with Gasteiger partial charge >= 0.3 is 0 Å². The number of hydrogen-bond donors (Lipinski definition) is 2. The molecule has 146 valence electrons. The fraction of sp³-hybridized carbons (Fsp3) is 0.700. The van der Waals surface area contributed by atoms with Crippen LogP contribution in [-0.4, -0.2) is 46.9 Å². The first-order valence-corrected chi connectivity index (χ1v) is 9.82. The first kappa shape index (κ1) is 24.2. The Morgan fingerprint density at radius 3 is 2.52 bits per heavy atom. The Hall–Kier alpha value is -0.750. The van der Waals surface area contributed by atoms with Crippen LogP contribution in [0.1, 0.15) is 54.4 Å². The van der Waals surface area contributed by atoms with E-state index in [1.165, 1.54) is 19.4 Å². The molecule has 0 aliphatic carbocycles. The van der Waals surface area contributed by atoms with E-state index in [0.29, 0.717) is 17.7 Å². The summed E-state index contributed by atoms with van der Waals surface area (Å²) < 4.78 is 5.42. The maximum absolute atomic E-state index is 9.85. The molecule has 1 fully saturated rings. The number of likely N-dealkylation sites (tertiary alicyclic amines) is 1. The lowest BCUT2D eigenvalue weighted by atomic mass is 10.1. The number of allylic oxidation sites excluding steroid dienone is 3. The Bertz CT molecular complexity index is 467. The quantitative estimate of drug-likeness (QED) is 0.202. The third kappa shape index (κ3) is 8.45. The van der Waals surface area contributed by atoms with Gasteiger partial charge in [0.05, 0.1) is 19.4 Å². The van der Waals surface area contributed by atoms with Crippen LogP contribution in [0, 0.1) is 5.92 Å². The summed E-state index contributed by atoms with van der Waals surface area (Å²) in [5.74, 6) is 1.39. The summed E-state index contributed by atoms with van der Waals surface area (Å²) in [7, 11) is 1.56. The molecule has 5 heteroatoms. The molecule has 1 heterocycles. The van der Waals surface area contributed by atoms with Gasteiger partial charge in [-0.05, 0) is 58.9 Å². The summed E-state index contributed by atoms with van der Waals surface area (Å²) in [4.78, 5) is 2.54. The van der Waals surface area contributed by atoms with E-state index < -0.39 is 4.05 Å². The van der Waals surface area contributed by atoms with E-state index in [1.807, 2.05) is 39.8 Å². The molecule has 0 amide bonds. The molecule has 4 nitrogen and oxygen atoms in total. The minimum atomic E-state index is -0.564. The number of rotatable bonds is 8. The van der Waals surface area contributed by atoms with E-state index in [1.54, 1.807) is 7.05 Å². The van der Waals surface area contributed by atoms with Crippen LogP contribution in [0.3, 0.4) is 0 Å². The molecule has 1 N–H and O–H groups in total. The van der Waals surface area contributed by atoms with Gasteiger partial charge in [-0.2, -0.15) is 5.21 Å². The van der Waals surface area contributed by atoms with Crippen LogP contribution in [0.2, 0.25) is 0 Å². The normalized spacial score (nSPS) is 24.4. The van der Waals surface area contributed by atoms with E-state index in [9.17, 15) is 5.21 Å². The molecule has 0 aromatic carbocycles. The van der Waals surface area contributed by atoms with Gasteiger partial charge in [0, 0.05) is 24.1 Å². The zero-order chi connectivity index (χ0) is 19.6. The molecule has 1 aliphatic rings. The van der Waals surface area contributed by atoms with Crippen molar-refractivity contribution in [2.24, 2.45) is 5.92 Å². The average molecular weight is 372 g/mol. The van der Waals surface area contributed by atoms with Gasteiger partial charge in [0.15, 0.2) is 5.70 Å². The highest BCUT2D eigenvalue weighted by Crippen LogP contribution is 2.25. The highest BCUT2D eigenvalue weighted by Gasteiger charge is 2.28. The summed E-state index contributed by atoms with van der Waals surface area (Å²) >= 11 is 4.09. The Labute approximate surface area is 160 Å². The first-order valence-electron chi connectivity index (χ1n) is 9.42. The number of likely N-dealkylation sites (N-methyl/N-ethyl adjacent to an activating group) is 1. The molecule has 1 rings (SSSR count). The van der Waals surface area contributed by atoms with Crippen LogP contribution >= 0.6 is 12.8 Å². The zero-order valence-electron chi connectivity index (χ0n) is 17.2. The topological polar surface area (TPSA) is 32.7 Å². The fourth-order valence-corrected chi connectivity index (χ4v) is 3.15. The molecular formula is C20H39N2O2S+. The van der Waals surface area contributed by atoms with Crippen molar-refractivity contribution in [3.8, 4) is 0 Å². The molecule has 0 spiro atoms. The Kier molecular flexibility index (Phi) is 11.4. The summed E-state index contributed by atoms with van der Waals surface area (Å²) in [6, 6.07) is 0.645. The molecule has 0 aromatic rings. The van der Waals surface area contributed by atoms with E-state index in [2.05, 4.69) is 38.1 Å². The highest BCUT2D eigenvalue weighted by molar-refractivity contribution is 7.74. The van der Waals surface area contributed by atoms with Crippen LogP contribution in [0.5, 0.6) is 0 Å². The smallest absolute Gasteiger partial charge is 0.172 e. The summed E-state index contributed by atoms with van der Waals surface area (Å²) in [5, 5.41) is 9.85. The minimum absolute atomic E-state index is 0.528. The minimum Gasteiger partial charge on any atom is -0.494 e. The lowest BCUT2D eigenvalue weighted by Crippen LogP contribution is -2.28. The predicted molar refractivity (Wildman–Crippen MR) is 110 cm³/mol. The van der Waals surface area contributed by atoms with Crippen molar-refractivity contribution in [2.45, 2.75) is 60.4 Å². The molecule has 1 aliphatic heterocycles. The van der Waals surface area contributed by atoms with Gasteiger partial charge in [-0.1, -0.05) is 24.8 Å². The Morgan fingerprint density at radius 1 is 1.44 bits per heavy atom. The van der Waals surface area contributed by atoms with E-state index in [-0.39, 0.29) is 0 Å². The number of quaternary nitrogens is 1. The van der Waals surface area contributed by atoms with Gasteiger partial charge in [0.25, 0.3) is 0 Å². The van der Waals surface area contributed by atoms with Gasteiger partial charge in [-0.25, -0.2) is 0 Å². The Balaban J connectivity index is 0.00000277. The second-order valence-electron chi connectivity index (χ2n) is 6.63. The van der Waals surface area contributed by atoms with Crippen LogP contribution < -0.4 is 0 Å². The lowest BCUT2D eigenvalue weighted by Gasteiger charge is -2.20. The lowest BCUT2D eigenvalue weighted by molar-refractivity contribution is -0.939. The summed E-state index contributed by atoms with van der Waals surface area (Å²) in [5.41, 5.74) is 1.38. The number of hydroxylamine groups is 2. The van der Waals surface area contributed by atoms with Crippen molar-refractivity contribution in [2.75, 3.05) is 26.7 Å². The SMILES string of the molecule is C=C(/C(C)=C\C(=C/C)OCC1CC(C)N(CCC)C1)[N+](C)(O)S.CC. The Morgan fingerprint density at radius 2 is 2.04 bits per heavy atom. The van der Waals surface area contributed by atoms with Crippen molar-refractivity contribution in [1.82, 2.24) is 4.90 Å². The van der Waals surface area contributed by atoms with Crippen molar-refractivity contribution >= 4 is 12.8 Å². The molecule has 0 saturated carbocycles.